The zero-order chi connectivity index (χ0) is 12.8. The fourth-order valence-electron chi connectivity index (χ4n) is 1.86. The molecule has 0 spiro atoms. The van der Waals surface area contributed by atoms with Crippen LogP contribution in [-0.2, 0) is 19.6 Å². The van der Waals surface area contributed by atoms with Crippen LogP contribution in [0.1, 0.15) is 24.6 Å². The van der Waals surface area contributed by atoms with Gasteiger partial charge in [0, 0.05) is 30.9 Å². The molecule has 0 fully saturated rings. The van der Waals surface area contributed by atoms with Crippen molar-refractivity contribution in [3.05, 3.63) is 52.8 Å². The van der Waals surface area contributed by atoms with E-state index in [1.807, 2.05) is 30.5 Å². The average Bonchev–Trinajstić information content (AvgIpc) is 2.80. The van der Waals surface area contributed by atoms with E-state index in [1.54, 1.807) is 0 Å². The standard InChI is InChI=1S/C14H18ClN3/c1-2-9-18-14(7-8-17-18)11-16-10-12-3-5-13(15)6-4-12/h3-8,16H,2,9-11H2,1H3. The zero-order valence-corrected chi connectivity index (χ0v) is 11.3. The van der Waals surface area contributed by atoms with Crippen LogP contribution in [0.5, 0.6) is 0 Å². The summed E-state index contributed by atoms with van der Waals surface area (Å²) in [6, 6.07) is 9.97. The zero-order valence-electron chi connectivity index (χ0n) is 10.6. The van der Waals surface area contributed by atoms with E-state index in [0.29, 0.717) is 0 Å². The third-order valence-corrected chi connectivity index (χ3v) is 3.04. The summed E-state index contributed by atoms with van der Waals surface area (Å²) in [5, 5.41) is 8.50. The molecule has 0 saturated heterocycles. The van der Waals surface area contributed by atoms with Gasteiger partial charge in [-0.3, -0.25) is 4.68 Å². The molecule has 96 valence electrons. The highest BCUT2D eigenvalue weighted by Crippen LogP contribution is 2.09. The summed E-state index contributed by atoms with van der Waals surface area (Å²) in [6.45, 7) is 4.81. The molecule has 0 aliphatic rings. The van der Waals surface area contributed by atoms with Gasteiger partial charge < -0.3 is 5.32 Å². The van der Waals surface area contributed by atoms with Crippen molar-refractivity contribution in [2.75, 3.05) is 0 Å². The number of hydrogen-bond donors (Lipinski definition) is 1. The largest absolute Gasteiger partial charge is 0.307 e. The molecule has 4 heteroatoms. The third-order valence-electron chi connectivity index (χ3n) is 2.79. The van der Waals surface area contributed by atoms with Crippen molar-refractivity contribution < 1.29 is 0 Å². The minimum atomic E-state index is 0.778. The molecule has 0 radical (unpaired) electrons. The predicted octanol–water partition coefficient (Wildman–Crippen LogP) is 3.24. The number of benzene rings is 1. The van der Waals surface area contributed by atoms with Crippen molar-refractivity contribution >= 4 is 11.6 Å². The van der Waals surface area contributed by atoms with Crippen LogP contribution in [0, 0.1) is 0 Å². The van der Waals surface area contributed by atoms with Gasteiger partial charge in [-0.25, -0.2) is 0 Å². The van der Waals surface area contributed by atoms with Gasteiger partial charge in [0.15, 0.2) is 0 Å². The van der Waals surface area contributed by atoms with E-state index in [0.717, 1.165) is 31.1 Å². The molecule has 0 saturated carbocycles. The van der Waals surface area contributed by atoms with Crippen molar-refractivity contribution in [3.63, 3.8) is 0 Å². The van der Waals surface area contributed by atoms with Crippen LogP contribution < -0.4 is 5.32 Å². The van der Waals surface area contributed by atoms with Gasteiger partial charge in [-0.1, -0.05) is 30.7 Å². The van der Waals surface area contributed by atoms with E-state index in [-0.39, 0.29) is 0 Å². The number of aromatic nitrogens is 2. The second kappa shape index (κ2) is 6.57. The van der Waals surface area contributed by atoms with Gasteiger partial charge >= 0.3 is 0 Å². The Labute approximate surface area is 113 Å². The lowest BCUT2D eigenvalue weighted by molar-refractivity contribution is 0.549. The van der Waals surface area contributed by atoms with Crippen LogP contribution >= 0.6 is 11.6 Å². The molecule has 1 aromatic heterocycles. The maximum atomic E-state index is 5.85. The SMILES string of the molecule is CCCn1nccc1CNCc1ccc(Cl)cc1. The molecule has 2 aromatic rings. The Bertz CT molecular complexity index is 476. The first-order chi connectivity index (χ1) is 8.79. The lowest BCUT2D eigenvalue weighted by Crippen LogP contribution is -2.16. The van der Waals surface area contributed by atoms with Crippen LogP contribution in [0.4, 0.5) is 0 Å². The Kier molecular flexibility index (Phi) is 4.79. The second-order valence-electron chi connectivity index (χ2n) is 4.28. The van der Waals surface area contributed by atoms with E-state index in [4.69, 9.17) is 11.6 Å². The van der Waals surface area contributed by atoms with Gasteiger partial charge in [0.2, 0.25) is 0 Å². The predicted molar refractivity (Wildman–Crippen MR) is 74.5 cm³/mol. The summed E-state index contributed by atoms with van der Waals surface area (Å²) in [6.07, 6.45) is 2.96. The van der Waals surface area contributed by atoms with Gasteiger partial charge in [-0.05, 0) is 30.2 Å². The average molecular weight is 264 g/mol. The van der Waals surface area contributed by atoms with Crippen LogP contribution in [-0.4, -0.2) is 9.78 Å². The van der Waals surface area contributed by atoms with E-state index in [1.165, 1.54) is 11.3 Å². The molecule has 0 bridgehead atoms. The van der Waals surface area contributed by atoms with E-state index in [2.05, 4.69) is 28.1 Å². The van der Waals surface area contributed by atoms with E-state index < -0.39 is 0 Å². The molecule has 1 N–H and O–H groups in total. The highest BCUT2D eigenvalue weighted by atomic mass is 35.5. The quantitative estimate of drug-likeness (QED) is 0.867. The fourth-order valence-corrected chi connectivity index (χ4v) is 1.99. The monoisotopic (exact) mass is 263 g/mol. The topological polar surface area (TPSA) is 29.9 Å². The third kappa shape index (κ3) is 3.59. The van der Waals surface area contributed by atoms with Gasteiger partial charge in [0.05, 0.1) is 5.69 Å². The molecule has 3 nitrogen and oxygen atoms in total. The van der Waals surface area contributed by atoms with E-state index >= 15 is 0 Å². The Balaban J connectivity index is 1.84. The first kappa shape index (κ1) is 13.1. The van der Waals surface area contributed by atoms with Crippen LogP contribution in [0.15, 0.2) is 36.5 Å². The molecule has 0 atom stereocenters. The Hall–Kier alpha value is -1.32. The molecule has 0 amide bonds. The summed E-state index contributed by atoms with van der Waals surface area (Å²) in [4.78, 5) is 0. The van der Waals surface area contributed by atoms with E-state index in [9.17, 15) is 0 Å². The fraction of sp³-hybridized carbons (Fsp3) is 0.357. The summed E-state index contributed by atoms with van der Waals surface area (Å²) >= 11 is 5.85. The number of halogens is 1. The highest BCUT2D eigenvalue weighted by Gasteiger charge is 2.01. The summed E-state index contributed by atoms with van der Waals surface area (Å²) in [5.41, 5.74) is 2.46. The Morgan fingerprint density at radius 2 is 1.94 bits per heavy atom. The maximum absolute atomic E-state index is 5.85. The van der Waals surface area contributed by atoms with Gasteiger partial charge in [0.1, 0.15) is 0 Å². The summed E-state index contributed by atoms with van der Waals surface area (Å²) < 4.78 is 2.05. The van der Waals surface area contributed by atoms with Gasteiger partial charge in [-0.2, -0.15) is 5.10 Å². The van der Waals surface area contributed by atoms with Crippen molar-refractivity contribution in [2.24, 2.45) is 0 Å². The van der Waals surface area contributed by atoms with Gasteiger partial charge in [0.25, 0.3) is 0 Å². The molecular formula is C14H18ClN3. The molecule has 1 aromatic carbocycles. The molecular weight excluding hydrogens is 246 g/mol. The molecule has 18 heavy (non-hydrogen) atoms. The molecule has 0 unspecified atom stereocenters. The van der Waals surface area contributed by atoms with Crippen molar-refractivity contribution in [2.45, 2.75) is 33.0 Å². The van der Waals surface area contributed by atoms with Crippen molar-refractivity contribution in [1.82, 2.24) is 15.1 Å². The second-order valence-corrected chi connectivity index (χ2v) is 4.71. The van der Waals surface area contributed by atoms with Crippen LogP contribution in [0.3, 0.4) is 0 Å². The summed E-state index contributed by atoms with van der Waals surface area (Å²) in [7, 11) is 0. The number of nitrogens with zero attached hydrogens (tertiary/aromatic N) is 2. The number of nitrogens with one attached hydrogen (secondary N) is 1. The Morgan fingerprint density at radius 3 is 2.67 bits per heavy atom. The highest BCUT2D eigenvalue weighted by molar-refractivity contribution is 6.30. The molecule has 1 heterocycles. The first-order valence-corrected chi connectivity index (χ1v) is 6.63. The minimum absolute atomic E-state index is 0.778. The number of aryl methyl sites for hydroxylation is 1. The number of hydrogen-bond acceptors (Lipinski definition) is 2. The van der Waals surface area contributed by atoms with Crippen LogP contribution in [0.25, 0.3) is 0 Å². The molecule has 0 aliphatic carbocycles. The van der Waals surface area contributed by atoms with Crippen molar-refractivity contribution in [1.29, 1.82) is 0 Å². The normalized spacial score (nSPS) is 10.8. The maximum Gasteiger partial charge on any atom is 0.0522 e. The smallest absolute Gasteiger partial charge is 0.0522 e. The Morgan fingerprint density at radius 1 is 1.17 bits per heavy atom. The lowest BCUT2D eigenvalue weighted by atomic mass is 10.2. The van der Waals surface area contributed by atoms with Crippen LogP contribution in [0.2, 0.25) is 5.02 Å². The first-order valence-electron chi connectivity index (χ1n) is 6.25. The van der Waals surface area contributed by atoms with Gasteiger partial charge in [-0.15, -0.1) is 0 Å². The minimum Gasteiger partial charge on any atom is -0.307 e. The molecule has 0 aliphatic heterocycles. The summed E-state index contributed by atoms with van der Waals surface area (Å²) in [5.74, 6) is 0. The van der Waals surface area contributed by atoms with Crippen molar-refractivity contribution in [3.8, 4) is 0 Å². The lowest BCUT2D eigenvalue weighted by Gasteiger charge is -2.08. The molecule has 2 rings (SSSR count). The number of rotatable bonds is 6.